The Hall–Kier alpha value is -4.98. The summed E-state index contributed by atoms with van der Waals surface area (Å²) in [6.45, 7) is 1.38. The number of Topliss-reactive ketones (excluding diaryl/α,β-unsaturated/α-hetero) is 1. The first-order valence-corrected chi connectivity index (χ1v) is 13.3. The monoisotopic (exact) mass is 548 g/mol. The predicted molar refractivity (Wildman–Crippen MR) is 151 cm³/mol. The van der Waals surface area contributed by atoms with Crippen LogP contribution in [0.3, 0.4) is 0 Å². The number of benzene rings is 3. The van der Waals surface area contributed by atoms with Crippen LogP contribution in [0.1, 0.15) is 39.1 Å². The first-order valence-electron chi connectivity index (χ1n) is 13.3. The van der Waals surface area contributed by atoms with E-state index >= 15 is 0 Å². The molecule has 204 valence electrons. The number of amides is 2. The minimum Gasteiger partial charge on any atom is -0.454 e. The fourth-order valence-corrected chi connectivity index (χ4v) is 5.47. The number of aryl methyl sites for hydroxylation is 1. The SMILES string of the molecule is Cc1cccc2c(C(=O)OCC(=O)c3ccc(F)cc3)cc(-c3ccc(N4C(=O)C5CC=CCC5C4=O)cc3)nc12. The number of hydrogen-bond donors (Lipinski definition) is 0. The molecule has 1 fully saturated rings. The van der Waals surface area contributed by atoms with Gasteiger partial charge < -0.3 is 4.74 Å². The van der Waals surface area contributed by atoms with Gasteiger partial charge in [-0.1, -0.05) is 42.5 Å². The van der Waals surface area contributed by atoms with Crippen LogP contribution in [0.5, 0.6) is 0 Å². The molecule has 0 saturated carbocycles. The van der Waals surface area contributed by atoms with Gasteiger partial charge in [-0.3, -0.25) is 19.3 Å². The number of para-hydroxylation sites is 1. The number of nitrogens with zero attached hydrogens (tertiary/aromatic N) is 2. The van der Waals surface area contributed by atoms with Crippen molar-refractivity contribution < 1.29 is 28.3 Å². The van der Waals surface area contributed by atoms with E-state index < -0.39 is 24.2 Å². The van der Waals surface area contributed by atoms with Crippen molar-refractivity contribution in [3.8, 4) is 11.3 Å². The zero-order valence-corrected chi connectivity index (χ0v) is 22.2. The Kier molecular flexibility index (Phi) is 6.75. The van der Waals surface area contributed by atoms with Gasteiger partial charge in [-0.2, -0.15) is 0 Å². The Morgan fingerprint density at radius 3 is 2.24 bits per heavy atom. The summed E-state index contributed by atoms with van der Waals surface area (Å²) in [5, 5.41) is 0.578. The number of hydrogen-bond acceptors (Lipinski definition) is 6. The summed E-state index contributed by atoms with van der Waals surface area (Å²) in [6.07, 6.45) is 5.04. The van der Waals surface area contributed by atoms with Crippen LogP contribution < -0.4 is 4.90 Å². The van der Waals surface area contributed by atoms with Gasteiger partial charge in [0.15, 0.2) is 12.4 Å². The number of imide groups is 1. The van der Waals surface area contributed by atoms with E-state index in [1.807, 2.05) is 31.2 Å². The van der Waals surface area contributed by atoms with E-state index in [4.69, 9.17) is 9.72 Å². The summed E-state index contributed by atoms with van der Waals surface area (Å²) in [5.74, 6) is -2.62. The lowest BCUT2D eigenvalue weighted by Gasteiger charge is -2.16. The molecule has 4 aromatic rings. The van der Waals surface area contributed by atoms with Gasteiger partial charge in [-0.25, -0.2) is 14.2 Å². The molecule has 0 spiro atoms. The molecule has 2 heterocycles. The molecule has 7 nitrogen and oxygen atoms in total. The van der Waals surface area contributed by atoms with E-state index in [1.54, 1.807) is 36.4 Å². The van der Waals surface area contributed by atoms with Crippen LogP contribution in [0, 0.1) is 24.6 Å². The Morgan fingerprint density at radius 2 is 1.59 bits per heavy atom. The predicted octanol–water partition coefficient (Wildman–Crippen LogP) is 5.84. The minimum atomic E-state index is -0.694. The number of rotatable bonds is 6. The Balaban J connectivity index is 1.29. The number of anilines is 1. The molecule has 1 aliphatic carbocycles. The number of carbonyl (C=O) groups is 4. The van der Waals surface area contributed by atoms with Crippen LogP contribution in [-0.4, -0.2) is 35.2 Å². The number of carbonyl (C=O) groups excluding carboxylic acids is 4. The third-order valence-corrected chi connectivity index (χ3v) is 7.69. The van der Waals surface area contributed by atoms with Gasteiger partial charge in [0.1, 0.15) is 5.82 Å². The molecule has 0 bridgehead atoms. The maximum absolute atomic E-state index is 13.2. The quantitative estimate of drug-likeness (QED) is 0.130. The molecule has 8 heteroatoms. The average Bonchev–Trinajstić information content (AvgIpc) is 3.25. The van der Waals surface area contributed by atoms with Gasteiger partial charge in [-0.15, -0.1) is 0 Å². The van der Waals surface area contributed by atoms with Gasteiger partial charge in [0, 0.05) is 16.5 Å². The largest absolute Gasteiger partial charge is 0.454 e. The van der Waals surface area contributed by atoms with Crippen LogP contribution in [0.4, 0.5) is 10.1 Å². The fourth-order valence-electron chi connectivity index (χ4n) is 5.47. The lowest BCUT2D eigenvalue weighted by atomic mass is 9.85. The van der Waals surface area contributed by atoms with Crippen molar-refractivity contribution in [3.05, 3.63) is 107 Å². The lowest BCUT2D eigenvalue weighted by Crippen LogP contribution is -2.30. The second-order valence-corrected chi connectivity index (χ2v) is 10.2. The highest BCUT2D eigenvalue weighted by Gasteiger charge is 2.47. The zero-order chi connectivity index (χ0) is 28.7. The molecule has 1 aromatic heterocycles. The van der Waals surface area contributed by atoms with Crippen LogP contribution in [0.15, 0.2) is 84.9 Å². The number of halogens is 1. The molecular weight excluding hydrogens is 523 g/mol. The number of aromatic nitrogens is 1. The molecule has 2 unspecified atom stereocenters. The summed E-state index contributed by atoms with van der Waals surface area (Å²) in [5.41, 5.74) is 3.59. The molecule has 2 atom stereocenters. The van der Waals surface area contributed by atoms with Crippen LogP contribution in [0.2, 0.25) is 0 Å². The number of pyridine rings is 1. The molecule has 3 aromatic carbocycles. The molecule has 2 aliphatic rings. The third kappa shape index (κ3) is 4.82. The van der Waals surface area contributed by atoms with Gasteiger partial charge in [0.2, 0.25) is 11.8 Å². The molecule has 41 heavy (non-hydrogen) atoms. The zero-order valence-electron chi connectivity index (χ0n) is 22.2. The maximum atomic E-state index is 13.2. The molecule has 6 rings (SSSR count). The van der Waals surface area contributed by atoms with E-state index in [-0.39, 0.29) is 34.8 Å². The van der Waals surface area contributed by atoms with E-state index in [1.165, 1.54) is 29.2 Å². The summed E-state index contributed by atoms with van der Waals surface area (Å²) in [6, 6.07) is 19.0. The Bertz CT molecular complexity index is 1720. The van der Waals surface area contributed by atoms with Crippen molar-refractivity contribution in [1.82, 2.24) is 4.98 Å². The standard InChI is InChI=1S/C33H25FN2O5/c1-19-5-4-8-24-27(33(40)41-18-29(37)21-9-13-22(34)14-10-21)17-28(35-30(19)24)20-11-15-23(16-12-20)36-31(38)25-6-2-3-7-26(25)32(36)39/h2-5,8-17,25-26H,6-7,18H2,1H3. The minimum absolute atomic E-state index is 0.184. The summed E-state index contributed by atoms with van der Waals surface area (Å²) in [4.78, 5) is 57.8. The van der Waals surface area contributed by atoms with Crippen LogP contribution in [-0.2, 0) is 14.3 Å². The number of esters is 1. The molecule has 0 N–H and O–H groups in total. The van der Waals surface area contributed by atoms with Crippen LogP contribution in [0.25, 0.3) is 22.2 Å². The highest BCUT2D eigenvalue weighted by molar-refractivity contribution is 6.22. The maximum Gasteiger partial charge on any atom is 0.339 e. The summed E-state index contributed by atoms with van der Waals surface area (Å²) >= 11 is 0. The van der Waals surface area contributed by atoms with Crippen LogP contribution >= 0.6 is 0 Å². The van der Waals surface area contributed by atoms with Crippen molar-refractivity contribution in [3.63, 3.8) is 0 Å². The van der Waals surface area contributed by atoms with Gasteiger partial charge in [0.05, 0.1) is 34.3 Å². The normalized spacial score (nSPS) is 18.0. The first-order chi connectivity index (χ1) is 19.8. The molecule has 2 amide bonds. The summed E-state index contributed by atoms with van der Waals surface area (Å²) in [7, 11) is 0. The lowest BCUT2D eigenvalue weighted by molar-refractivity contribution is -0.122. The number of allylic oxidation sites excluding steroid dienone is 2. The fraction of sp³-hybridized carbons (Fsp3) is 0.182. The van der Waals surface area contributed by atoms with Gasteiger partial charge in [0.25, 0.3) is 0 Å². The number of ketones is 1. The smallest absolute Gasteiger partial charge is 0.339 e. The molecule has 1 saturated heterocycles. The third-order valence-electron chi connectivity index (χ3n) is 7.69. The van der Waals surface area contributed by atoms with Crippen molar-refractivity contribution in [2.75, 3.05) is 11.5 Å². The highest BCUT2D eigenvalue weighted by Crippen LogP contribution is 2.38. The second-order valence-electron chi connectivity index (χ2n) is 10.2. The molecule has 0 radical (unpaired) electrons. The van der Waals surface area contributed by atoms with E-state index in [0.29, 0.717) is 40.7 Å². The van der Waals surface area contributed by atoms with E-state index in [9.17, 15) is 23.6 Å². The molecular formula is C33H25FN2O5. The first kappa shape index (κ1) is 26.3. The van der Waals surface area contributed by atoms with E-state index in [2.05, 4.69) is 0 Å². The van der Waals surface area contributed by atoms with Gasteiger partial charge in [-0.05, 0) is 67.8 Å². The van der Waals surface area contributed by atoms with E-state index in [0.717, 1.165) is 5.56 Å². The topological polar surface area (TPSA) is 93.6 Å². The number of ether oxygens (including phenoxy) is 1. The highest BCUT2D eigenvalue weighted by atomic mass is 19.1. The van der Waals surface area contributed by atoms with Crippen molar-refractivity contribution >= 4 is 40.2 Å². The summed E-state index contributed by atoms with van der Waals surface area (Å²) < 4.78 is 18.6. The average molecular weight is 549 g/mol. The van der Waals surface area contributed by atoms with Crippen molar-refractivity contribution in [2.45, 2.75) is 19.8 Å². The van der Waals surface area contributed by atoms with Gasteiger partial charge >= 0.3 is 5.97 Å². The Morgan fingerprint density at radius 1 is 0.927 bits per heavy atom. The van der Waals surface area contributed by atoms with Crippen molar-refractivity contribution in [2.24, 2.45) is 11.8 Å². The van der Waals surface area contributed by atoms with Crippen molar-refractivity contribution in [1.29, 1.82) is 0 Å². The molecule has 1 aliphatic heterocycles. The Labute approximate surface area is 235 Å². The second kappa shape index (κ2) is 10.5. The number of fused-ring (bicyclic) bond motifs is 2.